The highest BCUT2D eigenvalue weighted by atomic mass is 32.1. The van der Waals surface area contributed by atoms with Crippen molar-refractivity contribution in [3.8, 4) is 11.5 Å². The van der Waals surface area contributed by atoms with Gasteiger partial charge in [-0.05, 0) is 80.8 Å². The minimum Gasteiger partial charge on any atom is -0.493 e. The third-order valence-electron chi connectivity index (χ3n) is 6.98. The van der Waals surface area contributed by atoms with Crippen molar-refractivity contribution in [1.29, 1.82) is 0 Å². The fraction of sp³-hybridized carbons (Fsp3) is 0.355. The first kappa shape index (κ1) is 26.7. The number of nitrogens with one attached hydrogen (secondary N) is 1. The number of likely N-dealkylation sites (tertiary alicyclic amines) is 1. The van der Waals surface area contributed by atoms with E-state index in [0.717, 1.165) is 59.7 Å². The number of piperidine rings is 1. The molecular weight excluding hydrogens is 480 g/mol. The summed E-state index contributed by atoms with van der Waals surface area (Å²) < 4.78 is 11.4. The van der Waals surface area contributed by atoms with Crippen LogP contribution in [0.1, 0.15) is 40.7 Å². The molecule has 5 nitrogen and oxygen atoms in total. The number of hydrogen-bond donors (Lipinski definition) is 1. The van der Waals surface area contributed by atoms with E-state index in [-0.39, 0.29) is 12.5 Å². The van der Waals surface area contributed by atoms with Gasteiger partial charge in [0.05, 0.1) is 7.11 Å². The SMILES string of the molecule is COc1cc(C(=S)N2CCC(Cc3ccccc3)CC2)ccc1OCC(=O)Nc1c(C)cc(C)cc1C. The molecule has 3 aromatic carbocycles. The molecule has 6 heteroatoms. The smallest absolute Gasteiger partial charge is 0.262 e. The Morgan fingerprint density at radius 3 is 2.30 bits per heavy atom. The molecule has 1 aliphatic heterocycles. The first-order valence-electron chi connectivity index (χ1n) is 12.9. The van der Waals surface area contributed by atoms with Gasteiger partial charge in [0.2, 0.25) is 0 Å². The van der Waals surface area contributed by atoms with Crippen LogP contribution >= 0.6 is 12.2 Å². The summed E-state index contributed by atoms with van der Waals surface area (Å²) in [6.45, 7) is 7.83. The highest BCUT2D eigenvalue weighted by molar-refractivity contribution is 7.80. The maximum absolute atomic E-state index is 12.6. The zero-order chi connectivity index (χ0) is 26.4. The van der Waals surface area contributed by atoms with Gasteiger partial charge in [0.15, 0.2) is 18.1 Å². The van der Waals surface area contributed by atoms with Crippen LogP contribution in [-0.2, 0) is 11.2 Å². The van der Waals surface area contributed by atoms with E-state index in [9.17, 15) is 4.79 Å². The van der Waals surface area contributed by atoms with Crippen LogP contribution in [0.3, 0.4) is 0 Å². The van der Waals surface area contributed by atoms with Gasteiger partial charge in [-0.15, -0.1) is 0 Å². The Hall–Kier alpha value is -3.38. The summed E-state index contributed by atoms with van der Waals surface area (Å²) in [5.74, 6) is 1.55. The summed E-state index contributed by atoms with van der Waals surface area (Å²) in [7, 11) is 1.60. The number of methoxy groups -OCH3 is 1. The number of ether oxygens (including phenoxy) is 2. The molecule has 0 radical (unpaired) electrons. The van der Waals surface area contributed by atoms with Crippen molar-refractivity contribution >= 4 is 28.8 Å². The summed E-state index contributed by atoms with van der Waals surface area (Å²) in [6.07, 6.45) is 3.38. The largest absolute Gasteiger partial charge is 0.493 e. The molecule has 1 N–H and O–H groups in total. The van der Waals surface area contributed by atoms with Gasteiger partial charge in [0, 0.05) is 24.3 Å². The maximum atomic E-state index is 12.6. The van der Waals surface area contributed by atoms with Crippen molar-refractivity contribution in [2.45, 2.75) is 40.0 Å². The molecule has 1 amide bonds. The number of aryl methyl sites for hydroxylation is 3. The average Bonchev–Trinajstić information content (AvgIpc) is 2.90. The minimum atomic E-state index is -0.213. The van der Waals surface area contributed by atoms with E-state index in [0.29, 0.717) is 17.4 Å². The molecule has 0 aromatic heterocycles. The van der Waals surface area contributed by atoms with Crippen molar-refractivity contribution in [3.63, 3.8) is 0 Å². The average molecular weight is 517 g/mol. The van der Waals surface area contributed by atoms with E-state index in [1.165, 1.54) is 11.1 Å². The summed E-state index contributed by atoms with van der Waals surface area (Å²) in [5.41, 5.74) is 6.40. The second-order valence-corrected chi connectivity index (χ2v) is 10.3. The Kier molecular flexibility index (Phi) is 8.82. The maximum Gasteiger partial charge on any atom is 0.262 e. The van der Waals surface area contributed by atoms with E-state index in [2.05, 4.69) is 52.7 Å². The monoisotopic (exact) mass is 516 g/mol. The van der Waals surface area contributed by atoms with Crippen molar-refractivity contribution in [3.05, 3.63) is 88.5 Å². The van der Waals surface area contributed by atoms with Crippen LogP contribution in [0.4, 0.5) is 5.69 Å². The number of thiocarbonyl (C=S) groups is 1. The molecule has 3 aromatic rings. The van der Waals surface area contributed by atoms with E-state index in [1.807, 2.05) is 39.0 Å². The van der Waals surface area contributed by atoms with Crippen LogP contribution in [0.2, 0.25) is 0 Å². The van der Waals surface area contributed by atoms with Crippen LogP contribution in [-0.4, -0.2) is 42.6 Å². The second kappa shape index (κ2) is 12.2. The standard InChI is InChI=1S/C31H36N2O3S/c1-21-16-22(2)30(23(3)17-21)32-29(34)20-36-27-11-10-26(19-28(27)35-4)31(37)33-14-12-25(13-15-33)18-24-8-6-5-7-9-24/h5-11,16-17,19,25H,12-15,18,20H2,1-4H3,(H,32,34). The number of nitrogens with zero attached hydrogens (tertiary/aromatic N) is 1. The third-order valence-corrected chi connectivity index (χ3v) is 7.47. The summed E-state index contributed by atoms with van der Waals surface area (Å²) in [4.78, 5) is 15.7. The van der Waals surface area contributed by atoms with Gasteiger partial charge >= 0.3 is 0 Å². The molecule has 0 unspecified atom stereocenters. The highest BCUT2D eigenvalue weighted by Gasteiger charge is 2.22. The topological polar surface area (TPSA) is 50.8 Å². The first-order valence-corrected chi connectivity index (χ1v) is 13.3. The van der Waals surface area contributed by atoms with Gasteiger partial charge in [-0.2, -0.15) is 0 Å². The quantitative estimate of drug-likeness (QED) is 0.358. The molecule has 1 saturated heterocycles. The number of anilines is 1. The van der Waals surface area contributed by atoms with Crippen LogP contribution in [0.15, 0.2) is 60.7 Å². The molecule has 37 heavy (non-hydrogen) atoms. The molecule has 0 atom stereocenters. The predicted molar refractivity (Wildman–Crippen MR) is 154 cm³/mol. The van der Waals surface area contributed by atoms with Gasteiger partial charge in [-0.1, -0.05) is 60.2 Å². The van der Waals surface area contributed by atoms with Crippen LogP contribution in [0, 0.1) is 26.7 Å². The molecule has 0 saturated carbocycles. The lowest BCUT2D eigenvalue weighted by molar-refractivity contribution is -0.118. The lowest BCUT2D eigenvalue weighted by atomic mass is 9.90. The van der Waals surface area contributed by atoms with Gasteiger partial charge < -0.3 is 19.7 Å². The van der Waals surface area contributed by atoms with E-state index in [4.69, 9.17) is 21.7 Å². The molecule has 1 heterocycles. The molecule has 1 aliphatic rings. The number of benzene rings is 3. The van der Waals surface area contributed by atoms with Crippen LogP contribution in [0.25, 0.3) is 0 Å². The third kappa shape index (κ3) is 6.89. The number of carbonyl (C=O) groups is 1. The van der Waals surface area contributed by atoms with Crippen LogP contribution < -0.4 is 14.8 Å². The van der Waals surface area contributed by atoms with Crippen molar-refractivity contribution < 1.29 is 14.3 Å². The molecule has 0 bridgehead atoms. The minimum absolute atomic E-state index is 0.109. The van der Waals surface area contributed by atoms with Crippen LogP contribution in [0.5, 0.6) is 11.5 Å². The zero-order valence-electron chi connectivity index (χ0n) is 22.2. The summed E-state index contributed by atoms with van der Waals surface area (Å²) in [6, 6.07) is 20.5. The lowest BCUT2D eigenvalue weighted by Gasteiger charge is -2.34. The van der Waals surface area contributed by atoms with E-state index >= 15 is 0 Å². The Balaban J connectivity index is 1.33. The van der Waals surface area contributed by atoms with Gasteiger partial charge in [0.1, 0.15) is 4.99 Å². The highest BCUT2D eigenvalue weighted by Crippen LogP contribution is 2.30. The molecule has 0 spiro atoms. The molecular formula is C31H36N2O3S. The number of carbonyl (C=O) groups excluding carboxylic acids is 1. The predicted octanol–water partition coefficient (Wildman–Crippen LogP) is 6.27. The van der Waals surface area contributed by atoms with Gasteiger partial charge in [-0.3, -0.25) is 4.79 Å². The van der Waals surface area contributed by atoms with Crippen molar-refractivity contribution in [1.82, 2.24) is 4.90 Å². The molecule has 194 valence electrons. The first-order chi connectivity index (χ1) is 17.8. The van der Waals surface area contributed by atoms with Crippen molar-refractivity contribution in [2.24, 2.45) is 5.92 Å². The number of hydrogen-bond acceptors (Lipinski definition) is 4. The molecule has 1 fully saturated rings. The molecule has 4 rings (SSSR count). The van der Waals surface area contributed by atoms with Gasteiger partial charge in [-0.25, -0.2) is 0 Å². The number of amides is 1. The van der Waals surface area contributed by atoms with Crippen molar-refractivity contribution in [2.75, 3.05) is 32.1 Å². The summed E-state index contributed by atoms with van der Waals surface area (Å²) >= 11 is 5.84. The number of rotatable bonds is 8. The Bertz CT molecular complexity index is 1230. The van der Waals surface area contributed by atoms with E-state index in [1.54, 1.807) is 7.11 Å². The van der Waals surface area contributed by atoms with Gasteiger partial charge in [0.25, 0.3) is 5.91 Å². The Labute approximate surface area is 225 Å². The Morgan fingerprint density at radius 2 is 1.65 bits per heavy atom. The summed E-state index contributed by atoms with van der Waals surface area (Å²) in [5, 5.41) is 2.97. The van der Waals surface area contributed by atoms with E-state index < -0.39 is 0 Å². The fourth-order valence-corrected chi connectivity index (χ4v) is 5.40. The molecule has 0 aliphatic carbocycles. The zero-order valence-corrected chi connectivity index (χ0v) is 23.0. The Morgan fingerprint density at radius 1 is 0.973 bits per heavy atom. The normalized spacial score (nSPS) is 13.8. The lowest BCUT2D eigenvalue weighted by Crippen LogP contribution is -2.38. The fourth-order valence-electron chi connectivity index (χ4n) is 5.09. The second-order valence-electron chi connectivity index (χ2n) is 9.90.